The van der Waals surface area contributed by atoms with E-state index in [-0.39, 0.29) is 25.2 Å². The van der Waals surface area contributed by atoms with Crippen LogP contribution < -0.4 is 0 Å². The lowest BCUT2D eigenvalue weighted by molar-refractivity contribution is -0.161. The number of rotatable bonds is 52. The smallest absolute Gasteiger partial charge is 0.306 e. The summed E-state index contributed by atoms with van der Waals surface area (Å²) in [6.07, 6.45) is 74.9. The van der Waals surface area contributed by atoms with Crippen molar-refractivity contribution in [2.75, 3.05) is 13.2 Å². The van der Waals surface area contributed by atoms with E-state index in [1.807, 2.05) is 0 Å². The minimum Gasteiger partial charge on any atom is -0.462 e. The zero-order chi connectivity index (χ0) is 47.0. The number of aliphatic hydroxyl groups is 1. The van der Waals surface area contributed by atoms with Crippen molar-refractivity contribution < 1.29 is 24.2 Å². The molecule has 1 unspecified atom stereocenters. The summed E-state index contributed by atoms with van der Waals surface area (Å²) in [6, 6.07) is 0. The molecular formula is C60H108O5. The van der Waals surface area contributed by atoms with E-state index in [4.69, 9.17) is 9.47 Å². The van der Waals surface area contributed by atoms with Gasteiger partial charge in [-0.3, -0.25) is 9.59 Å². The van der Waals surface area contributed by atoms with E-state index in [0.29, 0.717) is 12.8 Å². The molecule has 0 aliphatic rings. The number of ether oxygens (including phenoxy) is 2. The number of esters is 2. The summed E-state index contributed by atoms with van der Waals surface area (Å²) in [5, 5.41) is 9.64. The minimum atomic E-state index is -0.784. The molecule has 0 rings (SSSR count). The summed E-state index contributed by atoms with van der Waals surface area (Å²) < 4.78 is 10.7. The molecular weight excluding hydrogens is 801 g/mol. The van der Waals surface area contributed by atoms with Crippen LogP contribution in [0.2, 0.25) is 0 Å². The zero-order valence-electron chi connectivity index (χ0n) is 43.3. The van der Waals surface area contributed by atoms with Gasteiger partial charge in [-0.2, -0.15) is 0 Å². The predicted molar refractivity (Wildman–Crippen MR) is 284 cm³/mol. The fraction of sp³-hybridized carbons (Fsp3) is 0.800. The average Bonchev–Trinajstić information content (AvgIpc) is 3.31. The Bertz CT molecular complexity index is 1120. The predicted octanol–water partition coefficient (Wildman–Crippen LogP) is 19.0. The third kappa shape index (κ3) is 54.1. The molecule has 5 nitrogen and oxygen atoms in total. The molecule has 0 amide bonds. The van der Waals surface area contributed by atoms with E-state index >= 15 is 0 Å². The second kappa shape index (κ2) is 55.9. The number of carbonyl (C=O) groups is 2. The van der Waals surface area contributed by atoms with E-state index in [0.717, 1.165) is 89.9 Å². The molecule has 1 atom stereocenters. The molecule has 0 fully saturated rings. The molecule has 0 aromatic heterocycles. The molecule has 0 aliphatic carbocycles. The number of carbonyl (C=O) groups excluding carboxylic acids is 2. The third-order valence-corrected chi connectivity index (χ3v) is 12.6. The molecule has 0 saturated carbocycles. The first-order valence-corrected chi connectivity index (χ1v) is 28.3. The molecule has 0 saturated heterocycles. The van der Waals surface area contributed by atoms with Gasteiger partial charge in [-0.1, -0.05) is 280 Å². The molecule has 0 aromatic carbocycles. The van der Waals surface area contributed by atoms with Gasteiger partial charge in [-0.25, -0.2) is 0 Å². The van der Waals surface area contributed by atoms with Gasteiger partial charge in [0.25, 0.3) is 0 Å². The quantitative estimate of drug-likeness (QED) is 0.0374. The van der Waals surface area contributed by atoms with Gasteiger partial charge < -0.3 is 14.6 Å². The van der Waals surface area contributed by atoms with E-state index in [1.165, 1.54) is 173 Å². The lowest BCUT2D eigenvalue weighted by atomic mass is 10.0. The van der Waals surface area contributed by atoms with Gasteiger partial charge in [0.2, 0.25) is 0 Å². The summed E-state index contributed by atoms with van der Waals surface area (Å²) >= 11 is 0. The zero-order valence-corrected chi connectivity index (χ0v) is 43.3. The maximum atomic E-state index is 12.3. The Morgan fingerprint density at radius 2 is 0.662 bits per heavy atom. The van der Waals surface area contributed by atoms with Gasteiger partial charge in [-0.15, -0.1) is 0 Å². The number of hydrogen-bond donors (Lipinski definition) is 1. The molecule has 0 aliphatic heterocycles. The maximum absolute atomic E-state index is 12.3. The van der Waals surface area contributed by atoms with E-state index in [9.17, 15) is 14.7 Å². The molecule has 5 heteroatoms. The summed E-state index contributed by atoms with van der Waals surface area (Å²) in [6.45, 7) is 4.04. The van der Waals surface area contributed by atoms with E-state index in [1.54, 1.807) is 0 Å². The highest BCUT2D eigenvalue weighted by Crippen LogP contribution is 2.17. The fourth-order valence-electron chi connectivity index (χ4n) is 8.35. The molecule has 0 heterocycles. The van der Waals surface area contributed by atoms with E-state index in [2.05, 4.69) is 74.6 Å². The Morgan fingerprint density at radius 1 is 0.369 bits per heavy atom. The lowest BCUT2D eigenvalue weighted by Gasteiger charge is -2.15. The van der Waals surface area contributed by atoms with Crippen molar-refractivity contribution in [1.82, 2.24) is 0 Å². The van der Waals surface area contributed by atoms with Crippen LogP contribution in [0.1, 0.15) is 290 Å². The first-order chi connectivity index (χ1) is 32.1. The summed E-state index contributed by atoms with van der Waals surface area (Å²) in [7, 11) is 0. The van der Waals surface area contributed by atoms with Crippen LogP contribution >= 0.6 is 0 Å². The fourth-order valence-corrected chi connectivity index (χ4v) is 8.35. The molecule has 0 spiro atoms. The van der Waals surface area contributed by atoms with Gasteiger partial charge in [0.15, 0.2) is 6.10 Å². The van der Waals surface area contributed by atoms with Gasteiger partial charge in [0.1, 0.15) is 6.61 Å². The van der Waals surface area contributed by atoms with Crippen LogP contribution in [0.15, 0.2) is 60.8 Å². The first-order valence-electron chi connectivity index (χ1n) is 28.3. The second-order valence-electron chi connectivity index (χ2n) is 19.0. The summed E-state index contributed by atoms with van der Waals surface area (Å²) in [5.74, 6) is -0.603. The van der Waals surface area contributed by atoms with Crippen molar-refractivity contribution >= 4 is 11.9 Å². The van der Waals surface area contributed by atoms with Gasteiger partial charge in [0, 0.05) is 12.8 Å². The van der Waals surface area contributed by atoms with Crippen LogP contribution in [-0.2, 0) is 19.1 Å². The van der Waals surface area contributed by atoms with Crippen molar-refractivity contribution in [2.45, 2.75) is 296 Å². The van der Waals surface area contributed by atoms with Crippen LogP contribution in [0.4, 0.5) is 0 Å². The lowest BCUT2D eigenvalue weighted by Crippen LogP contribution is -2.28. The van der Waals surface area contributed by atoms with Crippen molar-refractivity contribution in [3.63, 3.8) is 0 Å². The van der Waals surface area contributed by atoms with Crippen molar-refractivity contribution in [3.05, 3.63) is 60.8 Å². The monoisotopic (exact) mass is 909 g/mol. The summed E-state index contributed by atoms with van der Waals surface area (Å²) in [4.78, 5) is 24.5. The number of hydrogen-bond acceptors (Lipinski definition) is 5. The molecule has 0 aromatic rings. The third-order valence-electron chi connectivity index (χ3n) is 12.6. The normalized spacial score (nSPS) is 12.6. The van der Waals surface area contributed by atoms with Crippen LogP contribution in [0.5, 0.6) is 0 Å². The number of allylic oxidation sites excluding steroid dienone is 10. The van der Waals surface area contributed by atoms with Crippen LogP contribution in [0, 0.1) is 0 Å². The average molecular weight is 910 g/mol. The second-order valence-corrected chi connectivity index (χ2v) is 19.0. The Balaban J connectivity index is 3.46. The number of unbranched alkanes of at least 4 members (excludes halogenated alkanes) is 34. The van der Waals surface area contributed by atoms with Gasteiger partial charge in [0.05, 0.1) is 6.61 Å². The highest BCUT2D eigenvalue weighted by molar-refractivity contribution is 5.70. The molecule has 65 heavy (non-hydrogen) atoms. The highest BCUT2D eigenvalue weighted by atomic mass is 16.6. The minimum absolute atomic E-state index is 0.0730. The van der Waals surface area contributed by atoms with Gasteiger partial charge in [-0.05, 0) is 57.8 Å². The Kier molecular flexibility index (Phi) is 53.9. The standard InChI is InChI=1S/C60H108O5/c1-3-5-7-9-11-13-15-17-19-21-23-25-26-27-28-29-30-31-32-33-35-36-38-40-42-44-46-48-50-52-54-59(62)64-57-58(56-61)65-60(63)55-53-51-49-47-45-43-41-39-37-34-24-22-20-18-16-14-12-10-8-6-4-2/h6,8,12,14,18,20,24,34,39,41,58,61H,3-5,7,9-11,13,15-17,19,21-23,25-33,35-38,40,42-57H2,1-2H3/b8-6-,14-12-,20-18-,34-24-,41-39-. The van der Waals surface area contributed by atoms with Crippen molar-refractivity contribution in [2.24, 2.45) is 0 Å². The first kappa shape index (κ1) is 62.6. The summed E-state index contributed by atoms with van der Waals surface area (Å²) in [5.41, 5.74) is 0. The van der Waals surface area contributed by atoms with Crippen molar-refractivity contribution in [3.8, 4) is 0 Å². The molecule has 0 bridgehead atoms. The Hall–Kier alpha value is -2.40. The van der Waals surface area contributed by atoms with Crippen molar-refractivity contribution in [1.29, 1.82) is 0 Å². The largest absolute Gasteiger partial charge is 0.462 e. The van der Waals surface area contributed by atoms with Crippen LogP contribution in [0.25, 0.3) is 0 Å². The van der Waals surface area contributed by atoms with E-state index < -0.39 is 6.10 Å². The van der Waals surface area contributed by atoms with Crippen LogP contribution in [-0.4, -0.2) is 36.4 Å². The molecule has 1 N–H and O–H groups in total. The Labute approximate surface area is 404 Å². The highest BCUT2D eigenvalue weighted by Gasteiger charge is 2.16. The number of aliphatic hydroxyl groups excluding tert-OH is 1. The maximum Gasteiger partial charge on any atom is 0.306 e. The SMILES string of the molecule is CC/C=C\C/C=C\C/C=C\C/C=C\C/C=C\CCCCCCCC(=O)OC(CO)COC(=O)CCCCCCCCCCCCCCCCCCCCCCCCCCCCCCCC. The molecule has 378 valence electrons. The van der Waals surface area contributed by atoms with Crippen LogP contribution in [0.3, 0.4) is 0 Å². The van der Waals surface area contributed by atoms with Gasteiger partial charge >= 0.3 is 11.9 Å². The molecule has 0 radical (unpaired) electrons. The topological polar surface area (TPSA) is 72.8 Å². The Morgan fingerprint density at radius 3 is 1.00 bits per heavy atom.